The van der Waals surface area contributed by atoms with Gasteiger partial charge in [-0.2, -0.15) is 0 Å². The van der Waals surface area contributed by atoms with Gasteiger partial charge in [0.2, 0.25) is 0 Å². The standard InChI is InChI=1S/C18H22O2/c1-4-7-15(14-8-5-6-9-16(14)19)18-13(3)12(2)10-11-17(18)20/h5-6,8-11,15,19-20H,4,7H2,1-3H3. The van der Waals surface area contributed by atoms with E-state index in [-0.39, 0.29) is 5.92 Å². The van der Waals surface area contributed by atoms with Gasteiger partial charge in [-0.3, -0.25) is 0 Å². The molecule has 0 bridgehead atoms. The number of benzene rings is 2. The SMILES string of the molecule is CCCC(c1ccccc1O)c1c(O)ccc(C)c1C. The van der Waals surface area contributed by atoms with Gasteiger partial charge in [0.1, 0.15) is 11.5 Å². The van der Waals surface area contributed by atoms with Crippen molar-refractivity contribution in [1.82, 2.24) is 0 Å². The molecule has 20 heavy (non-hydrogen) atoms. The number of phenolic OH excluding ortho intramolecular Hbond substituents is 2. The van der Waals surface area contributed by atoms with Crippen LogP contribution in [-0.2, 0) is 0 Å². The Balaban J connectivity index is 2.61. The fourth-order valence-electron chi connectivity index (χ4n) is 2.79. The van der Waals surface area contributed by atoms with E-state index in [2.05, 4.69) is 6.92 Å². The first-order chi connectivity index (χ1) is 9.56. The summed E-state index contributed by atoms with van der Waals surface area (Å²) in [5, 5.41) is 20.4. The van der Waals surface area contributed by atoms with Gasteiger partial charge in [0.05, 0.1) is 0 Å². The van der Waals surface area contributed by atoms with E-state index in [1.807, 2.05) is 38.1 Å². The van der Waals surface area contributed by atoms with Gasteiger partial charge < -0.3 is 10.2 Å². The van der Waals surface area contributed by atoms with Crippen molar-refractivity contribution >= 4 is 0 Å². The number of para-hydroxylation sites is 1. The highest BCUT2D eigenvalue weighted by atomic mass is 16.3. The third-order valence-corrected chi connectivity index (χ3v) is 4.00. The third-order valence-electron chi connectivity index (χ3n) is 4.00. The zero-order valence-electron chi connectivity index (χ0n) is 12.4. The van der Waals surface area contributed by atoms with Crippen molar-refractivity contribution in [2.75, 3.05) is 0 Å². The van der Waals surface area contributed by atoms with Crippen LogP contribution in [0.2, 0.25) is 0 Å². The Labute approximate surface area is 120 Å². The summed E-state index contributed by atoms with van der Waals surface area (Å²) in [6.45, 7) is 6.20. The Bertz CT molecular complexity index is 602. The van der Waals surface area contributed by atoms with Crippen LogP contribution in [0.5, 0.6) is 11.5 Å². The van der Waals surface area contributed by atoms with Crippen LogP contribution in [0.15, 0.2) is 36.4 Å². The number of aromatic hydroxyl groups is 2. The second-order valence-electron chi connectivity index (χ2n) is 5.34. The molecule has 2 nitrogen and oxygen atoms in total. The van der Waals surface area contributed by atoms with Crippen molar-refractivity contribution < 1.29 is 10.2 Å². The maximum absolute atomic E-state index is 10.3. The third kappa shape index (κ3) is 2.64. The van der Waals surface area contributed by atoms with Crippen LogP contribution in [-0.4, -0.2) is 10.2 Å². The summed E-state index contributed by atoms with van der Waals surface area (Å²) in [5.74, 6) is 0.641. The second-order valence-corrected chi connectivity index (χ2v) is 5.34. The van der Waals surface area contributed by atoms with Crippen LogP contribution in [0.1, 0.15) is 47.9 Å². The highest BCUT2D eigenvalue weighted by Gasteiger charge is 2.22. The highest BCUT2D eigenvalue weighted by Crippen LogP contribution is 2.40. The molecular weight excluding hydrogens is 248 g/mol. The predicted octanol–water partition coefficient (Wildman–Crippen LogP) is 4.65. The molecule has 2 rings (SSSR count). The summed E-state index contributed by atoms with van der Waals surface area (Å²) in [6.07, 6.45) is 1.89. The van der Waals surface area contributed by atoms with Crippen LogP contribution in [0.4, 0.5) is 0 Å². The minimum absolute atomic E-state index is 0.0288. The molecule has 2 N–H and O–H groups in total. The van der Waals surface area contributed by atoms with Crippen molar-refractivity contribution in [2.45, 2.75) is 39.5 Å². The zero-order chi connectivity index (χ0) is 14.7. The molecule has 2 aromatic carbocycles. The van der Waals surface area contributed by atoms with Crippen LogP contribution in [0, 0.1) is 13.8 Å². The average Bonchev–Trinajstić information content (AvgIpc) is 2.43. The van der Waals surface area contributed by atoms with E-state index in [4.69, 9.17) is 0 Å². The van der Waals surface area contributed by atoms with E-state index in [9.17, 15) is 10.2 Å². The van der Waals surface area contributed by atoms with Crippen molar-refractivity contribution in [3.63, 3.8) is 0 Å². The fourth-order valence-corrected chi connectivity index (χ4v) is 2.79. The van der Waals surface area contributed by atoms with E-state index in [1.54, 1.807) is 12.1 Å². The molecule has 0 aliphatic carbocycles. The Morgan fingerprint density at radius 1 is 0.950 bits per heavy atom. The molecular formula is C18H22O2. The summed E-state index contributed by atoms with van der Waals surface area (Å²) < 4.78 is 0. The van der Waals surface area contributed by atoms with E-state index in [0.717, 1.165) is 35.1 Å². The van der Waals surface area contributed by atoms with Gasteiger partial charge in [-0.25, -0.2) is 0 Å². The summed E-state index contributed by atoms with van der Waals surface area (Å²) in [5.41, 5.74) is 4.09. The van der Waals surface area contributed by atoms with Crippen molar-refractivity contribution in [1.29, 1.82) is 0 Å². The minimum atomic E-state index is 0.0288. The largest absolute Gasteiger partial charge is 0.508 e. The quantitative estimate of drug-likeness (QED) is 0.849. The normalized spacial score (nSPS) is 12.3. The number of rotatable bonds is 4. The van der Waals surface area contributed by atoms with Crippen molar-refractivity contribution in [3.8, 4) is 11.5 Å². The van der Waals surface area contributed by atoms with E-state index in [1.165, 1.54) is 0 Å². The molecule has 0 radical (unpaired) electrons. The van der Waals surface area contributed by atoms with Gasteiger partial charge in [-0.15, -0.1) is 0 Å². The van der Waals surface area contributed by atoms with E-state index < -0.39 is 0 Å². The highest BCUT2D eigenvalue weighted by molar-refractivity contribution is 5.51. The first kappa shape index (κ1) is 14.4. The molecule has 0 spiro atoms. The van der Waals surface area contributed by atoms with Gasteiger partial charge in [0.15, 0.2) is 0 Å². The first-order valence-electron chi connectivity index (χ1n) is 7.13. The lowest BCUT2D eigenvalue weighted by molar-refractivity contribution is 0.449. The number of hydrogen-bond donors (Lipinski definition) is 2. The molecule has 1 unspecified atom stereocenters. The topological polar surface area (TPSA) is 40.5 Å². The molecule has 0 saturated carbocycles. The van der Waals surface area contributed by atoms with E-state index in [0.29, 0.717) is 11.5 Å². The van der Waals surface area contributed by atoms with Crippen molar-refractivity contribution in [3.05, 3.63) is 58.7 Å². The zero-order valence-corrected chi connectivity index (χ0v) is 12.4. The summed E-state index contributed by atoms with van der Waals surface area (Å²) >= 11 is 0. The summed E-state index contributed by atoms with van der Waals surface area (Å²) in [6, 6.07) is 11.1. The molecule has 0 heterocycles. The van der Waals surface area contributed by atoms with Gasteiger partial charge >= 0.3 is 0 Å². The summed E-state index contributed by atoms with van der Waals surface area (Å²) in [4.78, 5) is 0. The van der Waals surface area contributed by atoms with Gasteiger partial charge in [-0.1, -0.05) is 37.6 Å². The molecule has 0 aliphatic rings. The lowest BCUT2D eigenvalue weighted by Gasteiger charge is -2.22. The Morgan fingerprint density at radius 2 is 1.65 bits per heavy atom. The predicted molar refractivity (Wildman–Crippen MR) is 82.4 cm³/mol. The van der Waals surface area contributed by atoms with Crippen molar-refractivity contribution in [2.24, 2.45) is 0 Å². The minimum Gasteiger partial charge on any atom is -0.508 e. The molecule has 106 valence electrons. The summed E-state index contributed by atoms with van der Waals surface area (Å²) in [7, 11) is 0. The van der Waals surface area contributed by atoms with Crippen LogP contribution in [0.25, 0.3) is 0 Å². The number of hydrogen-bond acceptors (Lipinski definition) is 2. The van der Waals surface area contributed by atoms with Gasteiger partial charge in [-0.05, 0) is 43.5 Å². The first-order valence-corrected chi connectivity index (χ1v) is 7.13. The monoisotopic (exact) mass is 270 g/mol. The van der Waals surface area contributed by atoms with E-state index >= 15 is 0 Å². The smallest absolute Gasteiger partial charge is 0.119 e. The average molecular weight is 270 g/mol. The maximum Gasteiger partial charge on any atom is 0.119 e. The molecule has 0 aromatic heterocycles. The Morgan fingerprint density at radius 3 is 2.30 bits per heavy atom. The Kier molecular flexibility index (Phi) is 4.33. The molecule has 0 aliphatic heterocycles. The molecule has 0 amide bonds. The number of phenols is 2. The van der Waals surface area contributed by atoms with Crippen LogP contribution in [0.3, 0.4) is 0 Å². The van der Waals surface area contributed by atoms with Gasteiger partial charge in [0.25, 0.3) is 0 Å². The number of aryl methyl sites for hydroxylation is 1. The molecule has 0 fully saturated rings. The Hall–Kier alpha value is -1.96. The van der Waals surface area contributed by atoms with Crippen LogP contribution < -0.4 is 0 Å². The lowest BCUT2D eigenvalue weighted by Crippen LogP contribution is -2.05. The molecule has 2 heteroatoms. The maximum atomic E-state index is 10.3. The van der Waals surface area contributed by atoms with Gasteiger partial charge in [0, 0.05) is 17.0 Å². The lowest BCUT2D eigenvalue weighted by atomic mass is 9.83. The second kappa shape index (κ2) is 6.00. The molecule has 0 saturated heterocycles. The molecule has 2 aromatic rings. The molecule has 1 atom stereocenters. The fraction of sp³-hybridized carbons (Fsp3) is 0.333. The van der Waals surface area contributed by atoms with Crippen LogP contribution >= 0.6 is 0 Å².